The van der Waals surface area contributed by atoms with Gasteiger partial charge in [0.05, 0.1) is 6.61 Å². The molecule has 2 amide bonds. The third-order valence-electron chi connectivity index (χ3n) is 3.11. The molecule has 1 heterocycles. The first-order chi connectivity index (χ1) is 13.0. The Morgan fingerprint density at radius 1 is 1.07 bits per heavy atom. The fourth-order valence-corrected chi connectivity index (χ4v) is 1.91. The Morgan fingerprint density at radius 2 is 1.74 bits per heavy atom. The van der Waals surface area contributed by atoms with Crippen LogP contribution in [0.1, 0.15) is 6.92 Å². The van der Waals surface area contributed by atoms with Gasteiger partial charge in [0.1, 0.15) is 6.61 Å². The summed E-state index contributed by atoms with van der Waals surface area (Å²) in [6.07, 6.45) is 0.758. The molecule has 0 saturated carbocycles. The average Bonchev–Trinajstić information content (AvgIpc) is 2.68. The highest BCUT2D eigenvalue weighted by molar-refractivity contribution is 5.93. The number of rotatable bonds is 6. The molecule has 2 rings (SSSR count). The van der Waals surface area contributed by atoms with Crippen LogP contribution in [0.25, 0.3) is 0 Å². The summed E-state index contributed by atoms with van der Waals surface area (Å²) in [6, 6.07) is 6.85. The molecule has 1 atom stereocenters. The Hall–Kier alpha value is -3.56. The molecular weight excluding hydrogens is 360 g/mol. The van der Waals surface area contributed by atoms with Gasteiger partial charge in [0.15, 0.2) is 18.1 Å². The average molecular weight is 378 g/mol. The second-order valence-electron chi connectivity index (χ2n) is 5.09. The van der Waals surface area contributed by atoms with Crippen molar-refractivity contribution in [2.75, 3.05) is 19.8 Å². The van der Waals surface area contributed by atoms with Gasteiger partial charge >= 0.3 is 11.9 Å². The summed E-state index contributed by atoms with van der Waals surface area (Å²) in [6.45, 7) is 1.11. The van der Waals surface area contributed by atoms with Crippen molar-refractivity contribution in [2.24, 2.45) is 0 Å². The van der Waals surface area contributed by atoms with E-state index in [4.69, 9.17) is 9.47 Å². The van der Waals surface area contributed by atoms with Crippen LogP contribution in [-0.4, -0.2) is 49.7 Å². The Morgan fingerprint density at radius 3 is 2.44 bits per heavy atom. The smallest absolute Gasteiger partial charge is 0.331 e. The highest BCUT2D eigenvalue weighted by atomic mass is 16.6. The number of hydrogen-bond acceptors (Lipinski definition) is 8. The van der Waals surface area contributed by atoms with Gasteiger partial charge < -0.3 is 18.9 Å². The number of nitrogens with one attached hydrogen (secondary N) is 2. The van der Waals surface area contributed by atoms with E-state index < -0.39 is 36.5 Å². The van der Waals surface area contributed by atoms with E-state index in [1.165, 1.54) is 0 Å². The van der Waals surface area contributed by atoms with Gasteiger partial charge in [0.2, 0.25) is 6.10 Å². The monoisotopic (exact) mass is 378 g/mol. The predicted octanol–water partition coefficient (Wildman–Crippen LogP) is -0.364. The van der Waals surface area contributed by atoms with Crippen LogP contribution in [0.4, 0.5) is 0 Å². The van der Waals surface area contributed by atoms with E-state index in [1.807, 2.05) is 0 Å². The third kappa shape index (κ3) is 6.34. The molecule has 0 fully saturated rings. The number of hydrazine groups is 1. The van der Waals surface area contributed by atoms with Crippen LogP contribution in [0.2, 0.25) is 0 Å². The topological polar surface area (TPSA) is 129 Å². The summed E-state index contributed by atoms with van der Waals surface area (Å²) in [5.74, 6) is -2.09. The number of ether oxygens (including phenoxy) is 4. The zero-order valence-electron chi connectivity index (χ0n) is 14.4. The van der Waals surface area contributed by atoms with Crippen molar-refractivity contribution >= 4 is 23.8 Å². The van der Waals surface area contributed by atoms with Crippen LogP contribution >= 0.6 is 0 Å². The lowest BCUT2D eigenvalue weighted by molar-refractivity contribution is -0.145. The van der Waals surface area contributed by atoms with Crippen molar-refractivity contribution in [3.05, 3.63) is 36.4 Å². The van der Waals surface area contributed by atoms with E-state index in [0.717, 1.165) is 12.2 Å². The van der Waals surface area contributed by atoms with E-state index in [0.29, 0.717) is 11.5 Å². The van der Waals surface area contributed by atoms with Gasteiger partial charge in [-0.25, -0.2) is 9.59 Å². The number of esters is 2. The maximum atomic E-state index is 12.0. The van der Waals surface area contributed by atoms with Crippen molar-refractivity contribution in [2.45, 2.75) is 13.0 Å². The van der Waals surface area contributed by atoms with Crippen LogP contribution in [0.3, 0.4) is 0 Å². The van der Waals surface area contributed by atoms with Crippen molar-refractivity contribution in [1.29, 1.82) is 0 Å². The molecule has 27 heavy (non-hydrogen) atoms. The van der Waals surface area contributed by atoms with Crippen molar-refractivity contribution in [1.82, 2.24) is 10.9 Å². The maximum absolute atomic E-state index is 12.0. The molecule has 1 aromatic carbocycles. The first-order valence-corrected chi connectivity index (χ1v) is 7.98. The lowest BCUT2D eigenvalue weighted by Crippen LogP contribution is -2.51. The van der Waals surface area contributed by atoms with E-state index in [1.54, 1.807) is 31.2 Å². The van der Waals surface area contributed by atoms with Gasteiger partial charge in [0.25, 0.3) is 11.8 Å². The second-order valence-corrected chi connectivity index (χ2v) is 5.09. The fourth-order valence-electron chi connectivity index (χ4n) is 1.91. The predicted molar refractivity (Wildman–Crippen MR) is 89.4 cm³/mol. The van der Waals surface area contributed by atoms with Gasteiger partial charge in [-0.15, -0.1) is 0 Å². The molecule has 1 aliphatic rings. The molecule has 0 saturated heterocycles. The third-order valence-corrected chi connectivity index (χ3v) is 3.11. The first-order valence-electron chi connectivity index (χ1n) is 7.98. The van der Waals surface area contributed by atoms with E-state index >= 15 is 0 Å². The zero-order valence-corrected chi connectivity index (χ0v) is 14.4. The van der Waals surface area contributed by atoms with Crippen LogP contribution < -0.4 is 20.3 Å². The lowest BCUT2D eigenvalue weighted by Gasteiger charge is -2.25. The molecule has 0 spiro atoms. The Bertz CT molecular complexity index is 746. The minimum absolute atomic E-state index is 0.0215. The number of carbonyl (C=O) groups is 4. The normalized spacial score (nSPS) is 14.9. The highest BCUT2D eigenvalue weighted by Gasteiger charge is 2.27. The second kappa shape index (κ2) is 9.80. The molecule has 144 valence electrons. The Labute approximate surface area is 154 Å². The van der Waals surface area contributed by atoms with Crippen LogP contribution in [0.15, 0.2) is 36.4 Å². The molecular formula is C17H18N2O8. The summed E-state index contributed by atoms with van der Waals surface area (Å²) in [5.41, 5.74) is 4.22. The summed E-state index contributed by atoms with van der Waals surface area (Å²) in [5, 5.41) is 0. The molecule has 2 N–H and O–H groups in total. The summed E-state index contributed by atoms with van der Waals surface area (Å²) in [7, 11) is 0. The minimum Gasteiger partial charge on any atom is -0.485 e. The fraction of sp³-hybridized carbons (Fsp3) is 0.294. The van der Waals surface area contributed by atoms with Crippen molar-refractivity contribution in [3.63, 3.8) is 0 Å². The van der Waals surface area contributed by atoms with Gasteiger partial charge in [-0.05, 0) is 19.1 Å². The number of benzene rings is 1. The SMILES string of the molecule is CCOC(=O)/C=C/C(=O)OCC(=O)NNC(=O)[C@@H]1COc2ccccc2O1. The van der Waals surface area contributed by atoms with Gasteiger partial charge in [-0.1, -0.05) is 12.1 Å². The van der Waals surface area contributed by atoms with Gasteiger partial charge in [0, 0.05) is 12.2 Å². The van der Waals surface area contributed by atoms with E-state index in [-0.39, 0.29) is 13.2 Å². The molecule has 10 nitrogen and oxygen atoms in total. The maximum Gasteiger partial charge on any atom is 0.331 e. The number of para-hydroxylation sites is 2. The molecule has 0 bridgehead atoms. The lowest BCUT2D eigenvalue weighted by atomic mass is 10.2. The largest absolute Gasteiger partial charge is 0.485 e. The number of hydrogen-bond donors (Lipinski definition) is 2. The Kier molecular flexibility index (Phi) is 7.17. The summed E-state index contributed by atoms with van der Waals surface area (Å²) >= 11 is 0. The summed E-state index contributed by atoms with van der Waals surface area (Å²) < 4.78 is 20.0. The molecule has 0 unspecified atom stereocenters. The molecule has 0 aliphatic carbocycles. The van der Waals surface area contributed by atoms with Gasteiger partial charge in [-0.2, -0.15) is 0 Å². The van der Waals surface area contributed by atoms with E-state index in [9.17, 15) is 19.2 Å². The molecule has 10 heteroatoms. The molecule has 0 radical (unpaired) electrons. The van der Waals surface area contributed by atoms with E-state index in [2.05, 4.69) is 20.3 Å². The van der Waals surface area contributed by atoms with Gasteiger partial charge in [-0.3, -0.25) is 20.4 Å². The molecule has 0 aromatic heterocycles. The van der Waals surface area contributed by atoms with Crippen LogP contribution in [-0.2, 0) is 28.7 Å². The standard InChI is InChI=1S/C17H18N2O8/c1-2-24-15(21)7-8-16(22)26-10-14(20)18-19-17(23)13-9-25-11-5-3-4-6-12(11)27-13/h3-8,13H,2,9-10H2,1H3,(H,18,20)(H,19,23)/b8-7+/t13-/m0/s1. The molecule has 1 aliphatic heterocycles. The highest BCUT2D eigenvalue weighted by Crippen LogP contribution is 2.30. The molecule has 1 aromatic rings. The summed E-state index contributed by atoms with van der Waals surface area (Å²) in [4.78, 5) is 45.9. The number of carbonyl (C=O) groups excluding carboxylic acids is 4. The number of amides is 2. The zero-order chi connectivity index (χ0) is 19.6. The number of fused-ring (bicyclic) bond motifs is 1. The first kappa shape index (κ1) is 19.8. The quantitative estimate of drug-likeness (QED) is 0.390. The van der Waals surface area contributed by atoms with Crippen molar-refractivity contribution < 1.29 is 38.1 Å². The minimum atomic E-state index is -0.949. The Balaban J connectivity index is 1.69. The van der Waals surface area contributed by atoms with Crippen molar-refractivity contribution in [3.8, 4) is 11.5 Å². The van der Waals surface area contributed by atoms with Crippen LogP contribution in [0, 0.1) is 0 Å². The van der Waals surface area contributed by atoms with Crippen LogP contribution in [0.5, 0.6) is 11.5 Å².